The van der Waals surface area contributed by atoms with Gasteiger partial charge >= 0.3 is 5.97 Å². The highest BCUT2D eigenvalue weighted by Crippen LogP contribution is 2.15. The molecule has 0 fully saturated rings. The third kappa shape index (κ3) is 4.45. The van der Waals surface area contributed by atoms with E-state index >= 15 is 0 Å². The quantitative estimate of drug-likeness (QED) is 0.494. The molecule has 3 aromatic carbocycles. The Kier molecular flexibility index (Phi) is 5.94. The van der Waals surface area contributed by atoms with Crippen molar-refractivity contribution < 1.29 is 9.53 Å². The van der Waals surface area contributed by atoms with E-state index in [1.165, 1.54) is 7.11 Å². The number of ether oxygens (including phenoxy) is 1. The fourth-order valence-electron chi connectivity index (χ4n) is 2.82. The summed E-state index contributed by atoms with van der Waals surface area (Å²) in [5.74, 6) is -0.335. The van der Waals surface area contributed by atoms with Gasteiger partial charge in [0.1, 0.15) is 0 Å². The summed E-state index contributed by atoms with van der Waals surface area (Å²) >= 11 is 0. The van der Waals surface area contributed by atoms with Crippen LogP contribution in [0.3, 0.4) is 0 Å². The van der Waals surface area contributed by atoms with Crippen LogP contribution in [-0.4, -0.2) is 24.8 Å². The number of benzene rings is 3. The highest BCUT2D eigenvalue weighted by Gasteiger charge is 2.20. The number of hydrogen-bond acceptors (Lipinski definition) is 3. The lowest BCUT2D eigenvalue weighted by Gasteiger charge is -2.14. The summed E-state index contributed by atoms with van der Waals surface area (Å²) in [6, 6.07) is 29.1. The van der Waals surface area contributed by atoms with Crippen molar-refractivity contribution in [3.8, 4) is 0 Å². The van der Waals surface area contributed by atoms with Crippen LogP contribution in [0.2, 0.25) is 0 Å². The Morgan fingerprint density at radius 1 is 0.808 bits per heavy atom. The molecule has 3 heteroatoms. The zero-order valence-corrected chi connectivity index (χ0v) is 14.7. The highest BCUT2D eigenvalue weighted by atomic mass is 16.5. The molecule has 3 nitrogen and oxygen atoms in total. The molecule has 0 aliphatic rings. The third-order valence-corrected chi connectivity index (χ3v) is 4.12. The molecule has 1 atom stereocenters. The number of methoxy groups -OCH3 is 1. The Labute approximate surface area is 154 Å². The van der Waals surface area contributed by atoms with Gasteiger partial charge in [0.05, 0.1) is 12.8 Å². The summed E-state index contributed by atoms with van der Waals surface area (Å²) in [5, 5.41) is 0. The van der Waals surface area contributed by atoms with Gasteiger partial charge in [-0.25, -0.2) is 4.79 Å². The summed E-state index contributed by atoms with van der Waals surface area (Å²) in [5.41, 5.74) is 3.78. The summed E-state index contributed by atoms with van der Waals surface area (Å²) in [4.78, 5) is 17.2. The van der Waals surface area contributed by atoms with Crippen LogP contribution in [0.5, 0.6) is 0 Å². The molecular formula is C23H21NO2. The van der Waals surface area contributed by atoms with Gasteiger partial charge in [-0.05, 0) is 5.56 Å². The number of aliphatic imine (C=N–C) groups is 1. The van der Waals surface area contributed by atoms with E-state index in [1.54, 1.807) is 0 Å². The van der Waals surface area contributed by atoms with Crippen LogP contribution in [-0.2, 0) is 16.0 Å². The smallest absolute Gasteiger partial charge is 0.330 e. The summed E-state index contributed by atoms with van der Waals surface area (Å²) in [6.45, 7) is 0. The molecule has 3 rings (SSSR count). The highest BCUT2D eigenvalue weighted by molar-refractivity contribution is 6.13. The molecule has 26 heavy (non-hydrogen) atoms. The average Bonchev–Trinajstić information content (AvgIpc) is 2.72. The van der Waals surface area contributed by atoms with E-state index in [9.17, 15) is 4.79 Å². The van der Waals surface area contributed by atoms with E-state index in [4.69, 9.17) is 9.73 Å². The maximum absolute atomic E-state index is 12.4. The largest absolute Gasteiger partial charge is 0.467 e. The third-order valence-electron chi connectivity index (χ3n) is 4.12. The van der Waals surface area contributed by atoms with Gasteiger partial charge < -0.3 is 4.74 Å². The monoisotopic (exact) mass is 343 g/mol. The van der Waals surface area contributed by atoms with Crippen LogP contribution in [0.1, 0.15) is 16.7 Å². The molecule has 0 unspecified atom stereocenters. The number of esters is 1. The van der Waals surface area contributed by atoms with Crippen molar-refractivity contribution in [1.82, 2.24) is 0 Å². The maximum atomic E-state index is 12.4. The van der Waals surface area contributed by atoms with E-state index in [-0.39, 0.29) is 5.97 Å². The van der Waals surface area contributed by atoms with Gasteiger partial charge in [-0.15, -0.1) is 0 Å². The Balaban J connectivity index is 2.03. The van der Waals surface area contributed by atoms with E-state index in [1.807, 2.05) is 91.0 Å². The van der Waals surface area contributed by atoms with Gasteiger partial charge in [-0.2, -0.15) is 0 Å². The lowest BCUT2D eigenvalue weighted by molar-refractivity contribution is -0.142. The van der Waals surface area contributed by atoms with Crippen molar-refractivity contribution in [3.05, 3.63) is 108 Å². The maximum Gasteiger partial charge on any atom is 0.330 e. The number of nitrogens with zero attached hydrogens (tertiary/aromatic N) is 1. The molecule has 0 heterocycles. The average molecular weight is 343 g/mol. The second-order valence-electron chi connectivity index (χ2n) is 5.94. The SMILES string of the molecule is COC(=O)[C@H](Cc1ccccc1)N=C(c1ccccc1)c1ccccc1. The first-order valence-electron chi connectivity index (χ1n) is 8.58. The van der Waals surface area contributed by atoms with Crippen LogP contribution >= 0.6 is 0 Å². The van der Waals surface area contributed by atoms with Crippen molar-refractivity contribution in [3.63, 3.8) is 0 Å². The zero-order valence-electron chi connectivity index (χ0n) is 14.7. The first-order chi connectivity index (χ1) is 12.8. The Morgan fingerprint density at radius 3 is 1.73 bits per heavy atom. The number of rotatable bonds is 6. The summed E-state index contributed by atoms with van der Waals surface area (Å²) < 4.78 is 5.01. The molecule has 0 bridgehead atoms. The van der Waals surface area contributed by atoms with E-state index in [2.05, 4.69) is 0 Å². The van der Waals surface area contributed by atoms with Crippen LogP contribution in [0.25, 0.3) is 0 Å². The van der Waals surface area contributed by atoms with Crippen LogP contribution < -0.4 is 0 Å². The molecule has 0 aliphatic carbocycles. The molecule has 0 spiro atoms. The van der Waals surface area contributed by atoms with Crippen LogP contribution in [0.15, 0.2) is 96.0 Å². The topological polar surface area (TPSA) is 38.7 Å². The minimum Gasteiger partial charge on any atom is -0.467 e. The van der Waals surface area contributed by atoms with E-state index < -0.39 is 6.04 Å². The van der Waals surface area contributed by atoms with Crippen molar-refractivity contribution in [2.75, 3.05) is 7.11 Å². The normalized spacial score (nSPS) is 11.4. The first-order valence-corrected chi connectivity index (χ1v) is 8.58. The zero-order chi connectivity index (χ0) is 18.2. The van der Waals surface area contributed by atoms with Gasteiger partial charge in [0, 0.05) is 17.5 Å². The minimum atomic E-state index is -0.599. The van der Waals surface area contributed by atoms with Crippen molar-refractivity contribution >= 4 is 11.7 Å². The molecule has 0 amide bonds. The van der Waals surface area contributed by atoms with E-state index in [0.717, 1.165) is 22.4 Å². The van der Waals surface area contributed by atoms with Gasteiger partial charge in [0.15, 0.2) is 6.04 Å². The number of carbonyl (C=O) groups is 1. The fourth-order valence-corrected chi connectivity index (χ4v) is 2.82. The molecule has 3 aromatic rings. The predicted octanol–water partition coefficient (Wildman–Crippen LogP) is 4.31. The van der Waals surface area contributed by atoms with Gasteiger partial charge in [0.25, 0.3) is 0 Å². The number of hydrogen-bond donors (Lipinski definition) is 0. The first kappa shape index (κ1) is 17.6. The van der Waals surface area contributed by atoms with Crippen molar-refractivity contribution in [1.29, 1.82) is 0 Å². The van der Waals surface area contributed by atoms with Crippen LogP contribution in [0, 0.1) is 0 Å². The van der Waals surface area contributed by atoms with Crippen molar-refractivity contribution in [2.45, 2.75) is 12.5 Å². The Morgan fingerprint density at radius 2 is 1.27 bits per heavy atom. The fraction of sp³-hybridized carbons (Fsp3) is 0.130. The Hall–Kier alpha value is -3.20. The van der Waals surface area contributed by atoms with Crippen LogP contribution in [0.4, 0.5) is 0 Å². The lowest BCUT2D eigenvalue weighted by Crippen LogP contribution is -2.25. The minimum absolute atomic E-state index is 0.335. The Bertz CT molecular complexity index is 817. The molecule has 0 aromatic heterocycles. The molecular weight excluding hydrogens is 322 g/mol. The molecule has 0 radical (unpaired) electrons. The summed E-state index contributed by atoms with van der Waals surface area (Å²) in [7, 11) is 1.40. The standard InChI is InChI=1S/C23H21NO2/c1-26-23(25)21(17-18-11-5-2-6-12-18)24-22(19-13-7-3-8-14-19)20-15-9-4-10-16-20/h2-16,21H,17H2,1H3/t21-/m0/s1. The summed E-state index contributed by atoms with van der Waals surface area (Å²) in [6.07, 6.45) is 0.497. The van der Waals surface area contributed by atoms with Gasteiger partial charge in [-0.3, -0.25) is 4.99 Å². The van der Waals surface area contributed by atoms with Gasteiger partial charge in [0.2, 0.25) is 0 Å². The molecule has 130 valence electrons. The molecule has 0 saturated carbocycles. The number of carbonyl (C=O) groups excluding carboxylic acids is 1. The van der Waals surface area contributed by atoms with Gasteiger partial charge in [-0.1, -0.05) is 91.0 Å². The van der Waals surface area contributed by atoms with E-state index in [0.29, 0.717) is 6.42 Å². The molecule has 0 aliphatic heterocycles. The van der Waals surface area contributed by atoms with Crippen molar-refractivity contribution in [2.24, 2.45) is 4.99 Å². The predicted molar refractivity (Wildman–Crippen MR) is 104 cm³/mol. The molecule has 0 N–H and O–H groups in total. The second kappa shape index (κ2) is 8.77. The second-order valence-corrected chi connectivity index (χ2v) is 5.94. The molecule has 0 saturated heterocycles. The lowest BCUT2D eigenvalue weighted by atomic mass is 10.0.